The first-order valence-electron chi connectivity index (χ1n) is 9.57. The molecule has 3 N–H and O–H groups in total. The van der Waals surface area contributed by atoms with E-state index in [0.29, 0.717) is 46.6 Å². The Morgan fingerprint density at radius 1 is 1.30 bits per heavy atom. The maximum Gasteiger partial charge on any atom is 0.255 e. The molecule has 0 saturated heterocycles. The second-order valence-corrected chi connectivity index (χ2v) is 7.37. The van der Waals surface area contributed by atoms with Gasteiger partial charge in [-0.25, -0.2) is 4.68 Å². The zero-order valence-corrected chi connectivity index (χ0v) is 17.1. The van der Waals surface area contributed by atoms with E-state index in [1.807, 2.05) is 19.1 Å². The van der Waals surface area contributed by atoms with Crippen LogP contribution >= 0.6 is 11.6 Å². The van der Waals surface area contributed by atoms with Gasteiger partial charge in [0.05, 0.1) is 5.57 Å². The molecular weight excluding hydrogens is 404 g/mol. The lowest BCUT2D eigenvalue weighted by Crippen LogP contribution is -2.31. The minimum Gasteiger partial charge on any atom is -0.396 e. The number of benzene rings is 1. The fourth-order valence-electron chi connectivity index (χ4n) is 3.41. The van der Waals surface area contributed by atoms with Crippen molar-refractivity contribution < 1.29 is 9.90 Å². The summed E-state index contributed by atoms with van der Waals surface area (Å²) in [6.07, 6.45) is 4.52. The van der Waals surface area contributed by atoms with Crippen molar-refractivity contribution in [3.63, 3.8) is 0 Å². The molecule has 30 heavy (non-hydrogen) atoms. The van der Waals surface area contributed by atoms with Gasteiger partial charge in [0.1, 0.15) is 6.04 Å². The number of aryl methyl sites for hydroxylation is 1. The number of pyridine rings is 1. The summed E-state index contributed by atoms with van der Waals surface area (Å²) in [5.41, 5.74) is 2.66. The maximum atomic E-state index is 13.3. The molecule has 1 amide bonds. The van der Waals surface area contributed by atoms with Gasteiger partial charge in [0.15, 0.2) is 5.82 Å². The number of fused-ring (bicyclic) bond motifs is 1. The van der Waals surface area contributed by atoms with Crippen molar-refractivity contribution in [2.75, 3.05) is 17.2 Å². The average Bonchev–Trinajstić information content (AvgIpc) is 3.15. The molecule has 4 rings (SSSR count). The molecule has 154 valence electrons. The molecule has 1 unspecified atom stereocenters. The fraction of sp³-hybridized carbons (Fsp3) is 0.238. The van der Waals surface area contributed by atoms with Gasteiger partial charge in [-0.15, -0.1) is 0 Å². The molecule has 3 aromatic rings. The highest BCUT2D eigenvalue weighted by atomic mass is 35.5. The van der Waals surface area contributed by atoms with E-state index in [-0.39, 0.29) is 12.5 Å². The number of nitrogens with one attached hydrogen (secondary N) is 2. The molecule has 3 heterocycles. The van der Waals surface area contributed by atoms with E-state index in [9.17, 15) is 4.79 Å². The Hall–Kier alpha value is -3.23. The predicted octanol–water partition coefficient (Wildman–Crippen LogP) is 3.18. The number of aromatic nitrogens is 4. The Bertz CT molecular complexity index is 1080. The number of amides is 1. The number of nitrogens with zero attached hydrogens (tertiary/aromatic N) is 4. The molecule has 1 aliphatic rings. The zero-order chi connectivity index (χ0) is 21.1. The Labute approximate surface area is 178 Å². The topological polar surface area (TPSA) is 105 Å². The predicted molar refractivity (Wildman–Crippen MR) is 114 cm³/mol. The fourth-order valence-corrected chi connectivity index (χ4v) is 3.54. The average molecular weight is 425 g/mol. The van der Waals surface area contributed by atoms with Crippen LogP contribution in [0.1, 0.15) is 30.8 Å². The number of aliphatic hydroxyl groups is 1. The number of anilines is 2. The number of carbonyl (C=O) groups is 1. The lowest BCUT2D eigenvalue weighted by molar-refractivity contribution is -0.113. The van der Waals surface area contributed by atoms with Crippen LogP contribution < -0.4 is 10.6 Å². The van der Waals surface area contributed by atoms with E-state index in [0.717, 1.165) is 5.56 Å². The zero-order valence-electron chi connectivity index (χ0n) is 16.3. The van der Waals surface area contributed by atoms with Gasteiger partial charge in [-0.05, 0) is 49.2 Å². The molecule has 0 saturated carbocycles. The van der Waals surface area contributed by atoms with E-state index in [1.54, 1.807) is 41.3 Å². The molecule has 9 heteroatoms. The first kappa shape index (κ1) is 20.1. The van der Waals surface area contributed by atoms with Gasteiger partial charge in [0.25, 0.3) is 5.91 Å². The van der Waals surface area contributed by atoms with Gasteiger partial charge < -0.3 is 15.7 Å². The molecule has 1 aromatic carbocycles. The first-order chi connectivity index (χ1) is 14.6. The van der Waals surface area contributed by atoms with E-state index >= 15 is 0 Å². The van der Waals surface area contributed by atoms with Gasteiger partial charge >= 0.3 is 0 Å². The summed E-state index contributed by atoms with van der Waals surface area (Å²) >= 11 is 5.94. The SMILES string of the molecule is CC1=C(C(=O)Nc2ccc(Cl)cc2)C(c2cccnc2)n2nc(CCCO)nc2N1. The van der Waals surface area contributed by atoms with Gasteiger partial charge in [0.2, 0.25) is 5.95 Å². The molecule has 0 fully saturated rings. The van der Waals surface area contributed by atoms with Crippen LogP contribution in [0.2, 0.25) is 5.02 Å². The summed E-state index contributed by atoms with van der Waals surface area (Å²) in [7, 11) is 0. The summed E-state index contributed by atoms with van der Waals surface area (Å²) in [5.74, 6) is 0.902. The van der Waals surface area contributed by atoms with Crippen LogP contribution in [0, 0.1) is 0 Å². The number of allylic oxidation sites excluding steroid dienone is 1. The largest absolute Gasteiger partial charge is 0.396 e. The minimum atomic E-state index is -0.488. The second-order valence-electron chi connectivity index (χ2n) is 6.94. The van der Waals surface area contributed by atoms with Crippen LogP contribution in [0.3, 0.4) is 0 Å². The summed E-state index contributed by atoms with van der Waals surface area (Å²) < 4.78 is 1.70. The number of aliphatic hydroxyl groups excluding tert-OH is 1. The molecule has 8 nitrogen and oxygen atoms in total. The monoisotopic (exact) mass is 424 g/mol. The highest BCUT2D eigenvalue weighted by molar-refractivity contribution is 6.30. The van der Waals surface area contributed by atoms with E-state index < -0.39 is 6.04 Å². The van der Waals surface area contributed by atoms with Gasteiger partial charge in [-0.2, -0.15) is 10.1 Å². The Morgan fingerprint density at radius 2 is 2.10 bits per heavy atom. The standard InChI is InChI=1S/C21H21ClN6O2/c1-13-18(20(30)25-16-8-6-15(22)7-9-16)19(14-4-2-10-23-12-14)28-21(24-13)26-17(27-28)5-3-11-29/h2,4,6-10,12,19,29H,3,5,11H2,1H3,(H,25,30)(H,24,26,27). The van der Waals surface area contributed by atoms with Gasteiger partial charge in [-0.3, -0.25) is 9.78 Å². The molecule has 2 aromatic heterocycles. The lowest BCUT2D eigenvalue weighted by Gasteiger charge is -2.28. The minimum absolute atomic E-state index is 0.0648. The molecule has 1 atom stereocenters. The van der Waals surface area contributed by atoms with E-state index in [2.05, 4.69) is 25.7 Å². The summed E-state index contributed by atoms with van der Waals surface area (Å²) in [5, 5.41) is 20.4. The highest BCUT2D eigenvalue weighted by Gasteiger charge is 2.34. The van der Waals surface area contributed by atoms with Gasteiger partial charge in [-0.1, -0.05) is 17.7 Å². The number of rotatable bonds is 6. The number of carbonyl (C=O) groups excluding carboxylic acids is 1. The number of halogens is 1. The lowest BCUT2D eigenvalue weighted by atomic mass is 9.96. The highest BCUT2D eigenvalue weighted by Crippen LogP contribution is 2.35. The van der Waals surface area contributed by atoms with Crippen LogP contribution in [0.4, 0.5) is 11.6 Å². The number of hydrogen-bond donors (Lipinski definition) is 3. The van der Waals surface area contributed by atoms with Crippen LogP contribution in [-0.4, -0.2) is 37.4 Å². The van der Waals surface area contributed by atoms with E-state index in [4.69, 9.17) is 16.7 Å². The van der Waals surface area contributed by atoms with Crippen LogP contribution in [0.15, 0.2) is 60.1 Å². The quantitative estimate of drug-likeness (QED) is 0.561. The third kappa shape index (κ3) is 4.05. The molecule has 0 bridgehead atoms. The third-order valence-corrected chi connectivity index (χ3v) is 5.05. The van der Waals surface area contributed by atoms with E-state index in [1.165, 1.54) is 0 Å². The summed E-state index contributed by atoms with van der Waals surface area (Å²) in [6.45, 7) is 1.90. The normalized spacial score (nSPS) is 15.5. The molecular formula is C21H21ClN6O2. The molecule has 0 spiro atoms. The second kappa shape index (κ2) is 8.64. The van der Waals surface area contributed by atoms with Crippen LogP contribution in [0.25, 0.3) is 0 Å². The van der Waals surface area contributed by atoms with Crippen molar-refractivity contribution >= 4 is 29.1 Å². The van der Waals surface area contributed by atoms with Crippen molar-refractivity contribution in [1.29, 1.82) is 0 Å². The maximum absolute atomic E-state index is 13.3. The molecule has 1 aliphatic heterocycles. The summed E-state index contributed by atoms with van der Waals surface area (Å²) in [4.78, 5) is 22.0. The van der Waals surface area contributed by atoms with Crippen LogP contribution in [-0.2, 0) is 11.2 Å². The molecule has 0 aliphatic carbocycles. The third-order valence-electron chi connectivity index (χ3n) is 4.80. The van der Waals surface area contributed by atoms with Crippen molar-refractivity contribution in [3.8, 4) is 0 Å². The Morgan fingerprint density at radius 3 is 2.80 bits per heavy atom. The number of hydrogen-bond acceptors (Lipinski definition) is 6. The van der Waals surface area contributed by atoms with Crippen molar-refractivity contribution in [1.82, 2.24) is 19.7 Å². The first-order valence-corrected chi connectivity index (χ1v) is 9.95. The van der Waals surface area contributed by atoms with Crippen LogP contribution in [0.5, 0.6) is 0 Å². The Kier molecular flexibility index (Phi) is 5.78. The van der Waals surface area contributed by atoms with Crippen molar-refractivity contribution in [2.45, 2.75) is 25.8 Å². The summed E-state index contributed by atoms with van der Waals surface area (Å²) in [6, 6.07) is 10.2. The smallest absolute Gasteiger partial charge is 0.255 e. The van der Waals surface area contributed by atoms with Crippen molar-refractivity contribution in [2.24, 2.45) is 0 Å². The van der Waals surface area contributed by atoms with Gasteiger partial charge in [0, 0.05) is 41.8 Å². The molecule has 0 radical (unpaired) electrons. The Balaban J connectivity index is 1.73. The van der Waals surface area contributed by atoms with Crippen molar-refractivity contribution in [3.05, 3.63) is 76.5 Å².